The molecule has 0 saturated heterocycles. The van der Waals surface area contributed by atoms with Crippen molar-refractivity contribution in [3.63, 3.8) is 0 Å². The molecule has 0 aliphatic heterocycles. The molecule has 0 bridgehead atoms. The minimum atomic E-state index is -0.160. The normalized spacial score (nSPS) is 10.3. The van der Waals surface area contributed by atoms with Gasteiger partial charge in [0.25, 0.3) is 0 Å². The molecule has 3 aromatic rings. The minimum Gasteiger partial charge on any atom is -0.493 e. The number of methoxy groups -OCH3 is 1. The van der Waals surface area contributed by atoms with Crippen molar-refractivity contribution in [1.29, 1.82) is 0 Å². The smallest absolute Gasteiger partial charge is 0.161 e. The van der Waals surface area contributed by atoms with E-state index in [4.69, 9.17) is 21.1 Å². The number of rotatable bonds is 9. The molecule has 0 spiro atoms. The van der Waals surface area contributed by atoms with Crippen LogP contribution in [0.15, 0.2) is 66.7 Å². The van der Waals surface area contributed by atoms with Crippen LogP contribution in [0.1, 0.15) is 16.7 Å². The SMILES string of the molecule is COc1cc(CNCCc2ccccc2F)ccc1OCc1cccc(Cl)c1.Cl. The first-order valence-corrected chi connectivity index (χ1v) is 9.52. The molecule has 0 aliphatic rings. The van der Waals surface area contributed by atoms with Gasteiger partial charge in [-0.3, -0.25) is 0 Å². The van der Waals surface area contributed by atoms with Crippen LogP contribution in [-0.2, 0) is 19.6 Å². The first-order valence-electron chi connectivity index (χ1n) is 9.14. The van der Waals surface area contributed by atoms with Crippen molar-refractivity contribution in [2.24, 2.45) is 0 Å². The van der Waals surface area contributed by atoms with E-state index in [2.05, 4.69) is 5.32 Å². The first-order chi connectivity index (χ1) is 13.7. The van der Waals surface area contributed by atoms with Gasteiger partial charge in [-0.2, -0.15) is 0 Å². The number of hydrogen-bond donors (Lipinski definition) is 1. The van der Waals surface area contributed by atoms with Crippen molar-refractivity contribution in [1.82, 2.24) is 5.32 Å². The summed E-state index contributed by atoms with van der Waals surface area (Å²) < 4.78 is 25.0. The van der Waals surface area contributed by atoms with E-state index in [1.807, 2.05) is 54.6 Å². The van der Waals surface area contributed by atoms with Crippen LogP contribution in [0, 0.1) is 5.82 Å². The summed E-state index contributed by atoms with van der Waals surface area (Å²) in [7, 11) is 1.62. The van der Waals surface area contributed by atoms with Crippen molar-refractivity contribution in [3.05, 3.63) is 94.3 Å². The van der Waals surface area contributed by atoms with E-state index < -0.39 is 0 Å². The van der Waals surface area contributed by atoms with Gasteiger partial charge in [-0.15, -0.1) is 12.4 Å². The zero-order valence-electron chi connectivity index (χ0n) is 16.2. The second-order valence-corrected chi connectivity index (χ2v) is 6.86. The van der Waals surface area contributed by atoms with Crippen molar-refractivity contribution in [2.75, 3.05) is 13.7 Å². The molecule has 0 heterocycles. The summed E-state index contributed by atoms with van der Waals surface area (Å²) in [5, 5.41) is 4.02. The second kappa shape index (κ2) is 11.7. The first kappa shape index (κ1) is 23.0. The van der Waals surface area contributed by atoms with Gasteiger partial charge in [0.1, 0.15) is 12.4 Å². The highest BCUT2D eigenvalue weighted by Crippen LogP contribution is 2.29. The molecule has 29 heavy (non-hydrogen) atoms. The molecule has 154 valence electrons. The van der Waals surface area contributed by atoms with Crippen molar-refractivity contribution in [3.8, 4) is 11.5 Å². The Kier molecular flexibility index (Phi) is 9.26. The minimum absolute atomic E-state index is 0. The lowest BCUT2D eigenvalue weighted by molar-refractivity contribution is 0.284. The van der Waals surface area contributed by atoms with E-state index in [0.717, 1.165) is 16.7 Å². The number of ether oxygens (including phenoxy) is 2. The van der Waals surface area contributed by atoms with Gasteiger partial charge < -0.3 is 14.8 Å². The molecule has 3 rings (SSSR count). The predicted molar refractivity (Wildman–Crippen MR) is 118 cm³/mol. The Morgan fingerprint density at radius 1 is 0.931 bits per heavy atom. The summed E-state index contributed by atoms with van der Waals surface area (Å²) in [6.45, 7) is 1.77. The van der Waals surface area contributed by atoms with Crippen molar-refractivity contribution >= 4 is 24.0 Å². The summed E-state index contributed by atoms with van der Waals surface area (Å²) >= 11 is 6.01. The molecule has 0 unspecified atom stereocenters. The highest BCUT2D eigenvalue weighted by atomic mass is 35.5. The Morgan fingerprint density at radius 2 is 1.76 bits per heavy atom. The lowest BCUT2D eigenvalue weighted by atomic mass is 10.1. The van der Waals surface area contributed by atoms with Gasteiger partial charge in [0.15, 0.2) is 11.5 Å². The van der Waals surface area contributed by atoms with Crippen LogP contribution < -0.4 is 14.8 Å². The number of nitrogens with one attached hydrogen (secondary N) is 1. The Morgan fingerprint density at radius 3 is 2.52 bits per heavy atom. The molecule has 0 atom stereocenters. The van der Waals surface area contributed by atoms with Gasteiger partial charge in [0.2, 0.25) is 0 Å². The number of benzene rings is 3. The highest BCUT2D eigenvalue weighted by molar-refractivity contribution is 6.30. The van der Waals surface area contributed by atoms with Gasteiger partial charge in [0, 0.05) is 11.6 Å². The molecule has 3 nitrogen and oxygen atoms in total. The van der Waals surface area contributed by atoms with Crippen LogP contribution >= 0.6 is 24.0 Å². The summed E-state index contributed by atoms with van der Waals surface area (Å²) in [5.74, 6) is 1.19. The Balaban J connectivity index is 0.00000300. The maximum absolute atomic E-state index is 13.6. The van der Waals surface area contributed by atoms with Gasteiger partial charge in [-0.1, -0.05) is 48.0 Å². The van der Waals surface area contributed by atoms with Crippen LogP contribution in [0.4, 0.5) is 4.39 Å². The Bertz CT molecular complexity index is 921. The molecule has 0 aliphatic carbocycles. The van der Waals surface area contributed by atoms with Crippen molar-refractivity contribution in [2.45, 2.75) is 19.6 Å². The van der Waals surface area contributed by atoms with E-state index in [-0.39, 0.29) is 18.2 Å². The van der Waals surface area contributed by atoms with E-state index in [1.165, 1.54) is 6.07 Å². The fraction of sp³-hybridized carbons (Fsp3) is 0.217. The van der Waals surface area contributed by atoms with Gasteiger partial charge >= 0.3 is 0 Å². The lowest BCUT2D eigenvalue weighted by Crippen LogP contribution is -2.17. The summed E-state index contributed by atoms with van der Waals surface area (Å²) in [6.07, 6.45) is 0.643. The topological polar surface area (TPSA) is 30.5 Å². The largest absolute Gasteiger partial charge is 0.493 e. The standard InChI is InChI=1S/C23H23ClFNO2.ClH/c1-27-23-14-17(15-26-12-11-19-6-2-3-8-21(19)25)9-10-22(23)28-16-18-5-4-7-20(24)13-18;/h2-10,13-14,26H,11-12,15-16H2,1H3;1H. The summed E-state index contributed by atoms with van der Waals surface area (Å²) in [6, 6.07) is 20.3. The van der Waals surface area contributed by atoms with Gasteiger partial charge in [-0.25, -0.2) is 4.39 Å². The number of hydrogen-bond acceptors (Lipinski definition) is 3. The zero-order chi connectivity index (χ0) is 19.8. The fourth-order valence-electron chi connectivity index (χ4n) is 2.89. The highest BCUT2D eigenvalue weighted by Gasteiger charge is 2.07. The maximum Gasteiger partial charge on any atom is 0.161 e. The second-order valence-electron chi connectivity index (χ2n) is 6.42. The molecule has 0 saturated carbocycles. The zero-order valence-corrected chi connectivity index (χ0v) is 17.7. The molecule has 1 N–H and O–H groups in total. The molecule has 0 radical (unpaired) electrons. The van der Waals surface area contributed by atoms with Crippen LogP contribution in [0.2, 0.25) is 5.02 Å². The third kappa shape index (κ3) is 6.93. The van der Waals surface area contributed by atoms with Crippen LogP contribution in [0.3, 0.4) is 0 Å². The fourth-order valence-corrected chi connectivity index (χ4v) is 3.10. The average molecular weight is 436 g/mol. The van der Waals surface area contributed by atoms with Crippen LogP contribution in [-0.4, -0.2) is 13.7 Å². The van der Waals surface area contributed by atoms with Gasteiger partial charge in [-0.05, 0) is 60.0 Å². The lowest BCUT2D eigenvalue weighted by Gasteiger charge is -2.13. The van der Waals surface area contributed by atoms with Crippen LogP contribution in [0.5, 0.6) is 11.5 Å². The number of halogens is 3. The van der Waals surface area contributed by atoms with Crippen molar-refractivity contribution < 1.29 is 13.9 Å². The Hall–Kier alpha value is -2.27. The van der Waals surface area contributed by atoms with Gasteiger partial charge in [0.05, 0.1) is 7.11 Å². The summed E-state index contributed by atoms with van der Waals surface area (Å²) in [4.78, 5) is 0. The molecule has 0 aromatic heterocycles. The molecule has 0 amide bonds. The Labute approximate surface area is 182 Å². The van der Waals surface area contributed by atoms with E-state index >= 15 is 0 Å². The van der Waals surface area contributed by atoms with E-state index in [1.54, 1.807) is 13.2 Å². The maximum atomic E-state index is 13.6. The molecule has 0 fully saturated rings. The molecular weight excluding hydrogens is 412 g/mol. The average Bonchev–Trinajstić information content (AvgIpc) is 2.71. The van der Waals surface area contributed by atoms with E-state index in [9.17, 15) is 4.39 Å². The predicted octanol–water partition coefficient (Wildman–Crippen LogP) is 5.82. The third-order valence-corrected chi connectivity index (χ3v) is 4.60. The third-order valence-electron chi connectivity index (χ3n) is 4.37. The van der Waals surface area contributed by atoms with E-state index in [0.29, 0.717) is 42.6 Å². The quantitative estimate of drug-likeness (QED) is 0.429. The monoisotopic (exact) mass is 435 g/mol. The molecule has 6 heteroatoms. The van der Waals surface area contributed by atoms with Crippen LogP contribution in [0.25, 0.3) is 0 Å². The molecule has 3 aromatic carbocycles. The summed E-state index contributed by atoms with van der Waals surface area (Å²) in [5.41, 5.74) is 2.78. The molecular formula is C23H24Cl2FNO2.